The molecule has 0 saturated carbocycles. The van der Waals surface area contributed by atoms with Crippen molar-refractivity contribution in [2.75, 3.05) is 0 Å². The molecular formula is C46H26N4O3. The molecule has 7 heteroatoms. The number of para-hydroxylation sites is 4. The Bertz CT molecular complexity index is 3140. The molecule has 0 bridgehead atoms. The van der Waals surface area contributed by atoms with Gasteiger partial charge in [0.15, 0.2) is 23.1 Å². The fraction of sp³-hybridized carbons (Fsp3) is 0. The van der Waals surface area contributed by atoms with Gasteiger partial charge in [0.25, 0.3) is 0 Å². The molecule has 0 spiro atoms. The van der Waals surface area contributed by atoms with Crippen LogP contribution in [0.3, 0.4) is 0 Å². The van der Waals surface area contributed by atoms with E-state index in [-0.39, 0.29) is 0 Å². The molecule has 7 nitrogen and oxygen atoms in total. The van der Waals surface area contributed by atoms with E-state index in [9.17, 15) is 0 Å². The van der Waals surface area contributed by atoms with Crippen LogP contribution in [0.5, 0.6) is 0 Å². The van der Waals surface area contributed by atoms with E-state index in [1.165, 1.54) is 0 Å². The van der Waals surface area contributed by atoms with E-state index < -0.39 is 0 Å². The fourth-order valence-corrected chi connectivity index (χ4v) is 7.33. The van der Waals surface area contributed by atoms with E-state index in [1.807, 2.05) is 109 Å². The van der Waals surface area contributed by atoms with E-state index in [4.69, 9.17) is 33.2 Å². The molecule has 11 rings (SSSR count). The SMILES string of the molecule is c1ccc(-c2nc(-c3ccc(-c4cccc5c4oc4ccccc45)cc3)nc(-c3cccc4oc5cccc(-c6nc7ccccc7o6)c5c34)n2)cc1. The Morgan fingerprint density at radius 3 is 1.68 bits per heavy atom. The molecule has 0 aliphatic heterocycles. The summed E-state index contributed by atoms with van der Waals surface area (Å²) in [5, 5.41) is 3.97. The van der Waals surface area contributed by atoms with Crippen LogP contribution in [0.1, 0.15) is 0 Å². The smallest absolute Gasteiger partial charge is 0.228 e. The summed E-state index contributed by atoms with van der Waals surface area (Å²) in [5.41, 5.74) is 10.2. The van der Waals surface area contributed by atoms with Crippen LogP contribution in [-0.2, 0) is 0 Å². The molecule has 0 unspecified atom stereocenters. The lowest BCUT2D eigenvalue weighted by molar-refractivity contribution is 0.620. The van der Waals surface area contributed by atoms with E-state index >= 15 is 0 Å². The highest BCUT2D eigenvalue weighted by atomic mass is 16.4. The number of rotatable bonds is 5. The summed E-state index contributed by atoms with van der Waals surface area (Å²) in [4.78, 5) is 20.1. The maximum Gasteiger partial charge on any atom is 0.228 e. The van der Waals surface area contributed by atoms with Gasteiger partial charge in [0, 0.05) is 49.4 Å². The number of aromatic nitrogens is 4. The van der Waals surface area contributed by atoms with Gasteiger partial charge in [-0.2, -0.15) is 0 Å². The molecule has 248 valence electrons. The summed E-state index contributed by atoms with van der Waals surface area (Å²) < 4.78 is 19.0. The van der Waals surface area contributed by atoms with Crippen LogP contribution in [0.25, 0.3) is 112 Å². The quantitative estimate of drug-likeness (QED) is 0.178. The average molecular weight is 683 g/mol. The van der Waals surface area contributed by atoms with E-state index in [1.54, 1.807) is 0 Å². The summed E-state index contributed by atoms with van der Waals surface area (Å²) in [7, 11) is 0. The molecule has 11 aromatic rings. The van der Waals surface area contributed by atoms with Crippen molar-refractivity contribution in [3.05, 3.63) is 158 Å². The summed E-state index contributed by atoms with van der Waals surface area (Å²) in [6.07, 6.45) is 0. The largest absolute Gasteiger partial charge is 0.456 e. The average Bonchev–Trinajstić information content (AvgIpc) is 3.94. The second-order valence-electron chi connectivity index (χ2n) is 13.0. The monoisotopic (exact) mass is 682 g/mol. The number of fused-ring (bicyclic) bond motifs is 7. The van der Waals surface area contributed by atoms with Crippen molar-refractivity contribution in [1.82, 2.24) is 19.9 Å². The topological polar surface area (TPSA) is 91.0 Å². The first-order valence-electron chi connectivity index (χ1n) is 17.4. The minimum absolute atomic E-state index is 0.522. The number of hydrogen-bond acceptors (Lipinski definition) is 7. The first kappa shape index (κ1) is 29.4. The fourth-order valence-electron chi connectivity index (χ4n) is 7.33. The predicted molar refractivity (Wildman–Crippen MR) is 209 cm³/mol. The summed E-state index contributed by atoms with van der Waals surface area (Å²) in [6.45, 7) is 0. The van der Waals surface area contributed by atoms with Gasteiger partial charge in [-0.25, -0.2) is 19.9 Å². The second-order valence-corrected chi connectivity index (χ2v) is 13.0. The maximum atomic E-state index is 6.44. The molecule has 4 heterocycles. The van der Waals surface area contributed by atoms with Gasteiger partial charge in [-0.15, -0.1) is 0 Å². The highest BCUT2D eigenvalue weighted by Crippen LogP contribution is 2.42. The minimum atomic E-state index is 0.522. The lowest BCUT2D eigenvalue weighted by Gasteiger charge is -2.10. The lowest BCUT2D eigenvalue weighted by atomic mass is 10.0. The predicted octanol–water partition coefficient (Wildman–Crippen LogP) is 12.1. The molecule has 0 amide bonds. The number of hydrogen-bond donors (Lipinski definition) is 0. The van der Waals surface area contributed by atoms with Crippen LogP contribution >= 0.6 is 0 Å². The lowest BCUT2D eigenvalue weighted by Crippen LogP contribution is -2.00. The van der Waals surface area contributed by atoms with Crippen molar-refractivity contribution in [1.29, 1.82) is 0 Å². The van der Waals surface area contributed by atoms with Crippen LogP contribution in [0.4, 0.5) is 0 Å². The van der Waals surface area contributed by atoms with Crippen LogP contribution in [-0.4, -0.2) is 19.9 Å². The second kappa shape index (κ2) is 11.6. The van der Waals surface area contributed by atoms with Crippen molar-refractivity contribution in [3.63, 3.8) is 0 Å². The van der Waals surface area contributed by atoms with Gasteiger partial charge < -0.3 is 13.3 Å². The number of nitrogens with zero attached hydrogens (tertiary/aromatic N) is 4. The Labute approximate surface area is 301 Å². The molecular weight excluding hydrogens is 657 g/mol. The third kappa shape index (κ3) is 4.75. The van der Waals surface area contributed by atoms with Gasteiger partial charge in [0.1, 0.15) is 27.8 Å². The van der Waals surface area contributed by atoms with Crippen molar-refractivity contribution in [3.8, 4) is 56.7 Å². The minimum Gasteiger partial charge on any atom is -0.456 e. The molecule has 0 N–H and O–H groups in total. The maximum absolute atomic E-state index is 6.44. The summed E-state index contributed by atoms with van der Waals surface area (Å²) >= 11 is 0. The Morgan fingerprint density at radius 1 is 0.321 bits per heavy atom. The zero-order chi connectivity index (χ0) is 34.9. The molecule has 4 aromatic heterocycles. The zero-order valence-electron chi connectivity index (χ0n) is 28.0. The van der Waals surface area contributed by atoms with Gasteiger partial charge in [-0.1, -0.05) is 121 Å². The number of furan rings is 2. The summed E-state index contributed by atoms with van der Waals surface area (Å²) in [5.74, 6) is 2.19. The molecule has 7 aromatic carbocycles. The summed E-state index contributed by atoms with van der Waals surface area (Å²) in [6, 6.07) is 52.4. The Kier molecular flexibility index (Phi) is 6.42. The number of oxazole rings is 1. The van der Waals surface area contributed by atoms with E-state index in [0.29, 0.717) is 28.9 Å². The van der Waals surface area contributed by atoms with E-state index in [0.717, 1.165) is 82.8 Å². The van der Waals surface area contributed by atoms with Crippen molar-refractivity contribution >= 4 is 55.0 Å². The normalized spacial score (nSPS) is 11.8. The highest BCUT2D eigenvalue weighted by Gasteiger charge is 2.22. The van der Waals surface area contributed by atoms with Gasteiger partial charge in [-0.05, 0) is 42.0 Å². The Morgan fingerprint density at radius 2 is 0.887 bits per heavy atom. The highest BCUT2D eigenvalue weighted by molar-refractivity contribution is 6.17. The van der Waals surface area contributed by atoms with Crippen molar-refractivity contribution < 1.29 is 13.3 Å². The molecule has 0 aliphatic carbocycles. The Balaban J connectivity index is 1.09. The van der Waals surface area contributed by atoms with Gasteiger partial charge >= 0.3 is 0 Å². The van der Waals surface area contributed by atoms with E-state index in [2.05, 4.69) is 48.5 Å². The van der Waals surface area contributed by atoms with Crippen LogP contribution in [0.2, 0.25) is 0 Å². The zero-order valence-corrected chi connectivity index (χ0v) is 28.0. The van der Waals surface area contributed by atoms with Crippen molar-refractivity contribution in [2.45, 2.75) is 0 Å². The molecule has 0 fully saturated rings. The van der Waals surface area contributed by atoms with Crippen LogP contribution in [0, 0.1) is 0 Å². The molecule has 0 saturated heterocycles. The molecule has 0 radical (unpaired) electrons. The van der Waals surface area contributed by atoms with Gasteiger partial charge in [0.05, 0.1) is 0 Å². The number of benzene rings is 7. The Hall–Kier alpha value is -7.38. The third-order valence-electron chi connectivity index (χ3n) is 9.81. The van der Waals surface area contributed by atoms with Gasteiger partial charge in [-0.3, -0.25) is 0 Å². The van der Waals surface area contributed by atoms with Crippen molar-refractivity contribution in [2.24, 2.45) is 0 Å². The molecule has 53 heavy (non-hydrogen) atoms. The van der Waals surface area contributed by atoms with Gasteiger partial charge in [0.2, 0.25) is 5.89 Å². The van der Waals surface area contributed by atoms with Crippen LogP contribution < -0.4 is 0 Å². The molecule has 0 aliphatic rings. The first-order chi connectivity index (χ1) is 26.2. The third-order valence-corrected chi connectivity index (χ3v) is 9.81. The molecule has 0 atom stereocenters. The van der Waals surface area contributed by atoms with Crippen LogP contribution in [0.15, 0.2) is 171 Å². The standard InChI is InChI=1S/C46H26N4O3/c1-2-11-28(12-3-1)43-48-44(29-25-23-27(24-26-29)30-14-8-15-32-31-13-4-6-19-36(31)52-42(30)32)50-45(49-43)33-16-9-21-38-40(33)41-34(17-10-22-39(41)51-38)46-47-35-18-5-7-20-37(35)53-46/h1-26H. The first-order valence-corrected chi connectivity index (χ1v) is 17.4.